The zero-order valence-electron chi connectivity index (χ0n) is 11.4. The Labute approximate surface area is 104 Å². The maximum Gasteiger partial charge on any atom is 0.321 e. The number of hydrogen-bond donors (Lipinski definition) is 2. The molecule has 1 atom stereocenters. The van der Waals surface area contributed by atoms with Gasteiger partial charge in [0, 0.05) is 0 Å². The summed E-state index contributed by atoms with van der Waals surface area (Å²) in [5, 5.41) is 11.4. The minimum Gasteiger partial charge on any atom is -0.480 e. The van der Waals surface area contributed by atoms with Crippen molar-refractivity contribution in [2.75, 3.05) is 14.2 Å². The van der Waals surface area contributed by atoms with E-state index in [0.717, 1.165) is 0 Å². The highest BCUT2D eigenvalue weighted by Gasteiger charge is 2.28. The minimum atomic E-state index is -0.796. The molecule has 0 bridgehead atoms. The number of methoxy groups -OCH3 is 1. The van der Waals surface area contributed by atoms with Crippen LogP contribution in [0.25, 0.3) is 0 Å². The van der Waals surface area contributed by atoms with E-state index in [2.05, 4.69) is 10.1 Å². The van der Waals surface area contributed by atoms with Crippen LogP contribution < -0.4 is 5.32 Å². The highest BCUT2D eigenvalue weighted by atomic mass is 16.5. The van der Waals surface area contributed by atoms with Crippen molar-refractivity contribution < 1.29 is 19.4 Å². The summed E-state index contributed by atoms with van der Waals surface area (Å²) in [6.07, 6.45) is 4.50. The summed E-state index contributed by atoms with van der Waals surface area (Å²) in [5.41, 5.74) is -0.222. The second-order valence-electron chi connectivity index (χ2n) is 4.82. The lowest BCUT2D eigenvalue weighted by molar-refractivity contribution is -0.142. The van der Waals surface area contributed by atoms with Crippen LogP contribution in [0.3, 0.4) is 0 Å². The van der Waals surface area contributed by atoms with E-state index in [0.29, 0.717) is 6.47 Å². The predicted molar refractivity (Wildman–Crippen MR) is 66.9 cm³/mol. The van der Waals surface area contributed by atoms with Crippen molar-refractivity contribution in [3.63, 3.8) is 0 Å². The van der Waals surface area contributed by atoms with Crippen molar-refractivity contribution in [3.05, 3.63) is 0 Å². The van der Waals surface area contributed by atoms with Gasteiger partial charge in [0.05, 0.1) is 7.11 Å². The summed E-state index contributed by atoms with van der Waals surface area (Å²) < 4.78 is 3.86. The van der Waals surface area contributed by atoms with Crippen molar-refractivity contribution >= 4 is 12.4 Å². The molecule has 0 heterocycles. The topological polar surface area (TPSA) is 75.6 Å². The van der Waals surface area contributed by atoms with Crippen LogP contribution in [0.15, 0.2) is 0 Å². The van der Waals surface area contributed by atoms with Gasteiger partial charge >= 0.3 is 5.97 Å². The number of carbonyl (C=O) groups excluding carboxylic acids is 1. The van der Waals surface area contributed by atoms with E-state index in [4.69, 9.17) is 9.90 Å². The molecule has 2 N–H and O–H groups in total. The van der Waals surface area contributed by atoms with Gasteiger partial charge in [-0.2, -0.15) is 0 Å². The van der Waals surface area contributed by atoms with Crippen molar-refractivity contribution in [1.82, 2.24) is 5.32 Å². The number of rotatable bonds is 3. The van der Waals surface area contributed by atoms with Gasteiger partial charge in [0.2, 0.25) is 0 Å². The minimum absolute atomic E-state index is 0.222. The molecule has 1 unspecified atom stereocenters. The summed E-state index contributed by atoms with van der Waals surface area (Å²) in [5.74, 6) is -0.796. The first-order valence-corrected chi connectivity index (χ1v) is 5.67. The third-order valence-electron chi connectivity index (χ3n) is 1.85. The fraction of sp³-hybridized carbons (Fsp3) is 0.833. The second kappa shape index (κ2) is 10.1. The molecule has 0 aromatic heterocycles. The van der Waals surface area contributed by atoms with Crippen molar-refractivity contribution in [1.29, 1.82) is 0 Å². The zero-order chi connectivity index (χ0) is 13.9. The van der Waals surface area contributed by atoms with E-state index in [1.54, 1.807) is 7.05 Å². The largest absolute Gasteiger partial charge is 0.480 e. The number of aliphatic carboxylic acids is 1. The van der Waals surface area contributed by atoms with Crippen LogP contribution in [0.4, 0.5) is 0 Å². The van der Waals surface area contributed by atoms with Gasteiger partial charge in [-0.3, -0.25) is 9.59 Å². The number of ether oxygens (including phenoxy) is 1. The SMILES string of the molecule is C1CC1.CNC(C(=O)O)C(C)(C)C.COC=O. The van der Waals surface area contributed by atoms with Crippen molar-refractivity contribution in [3.8, 4) is 0 Å². The van der Waals surface area contributed by atoms with Gasteiger partial charge < -0.3 is 15.2 Å². The first kappa shape index (κ1) is 18.3. The average molecular weight is 247 g/mol. The number of nitrogens with one attached hydrogen (secondary N) is 1. The Morgan fingerprint density at radius 3 is 1.71 bits per heavy atom. The molecule has 1 aliphatic rings. The van der Waals surface area contributed by atoms with Gasteiger partial charge in [-0.15, -0.1) is 0 Å². The molecule has 0 radical (unpaired) electrons. The van der Waals surface area contributed by atoms with E-state index in [9.17, 15) is 4.79 Å². The van der Waals surface area contributed by atoms with Gasteiger partial charge in [0.25, 0.3) is 6.47 Å². The second-order valence-corrected chi connectivity index (χ2v) is 4.82. The molecule has 0 aromatic carbocycles. The molecule has 1 rings (SSSR count). The smallest absolute Gasteiger partial charge is 0.321 e. The van der Waals surface area contributed by atoms with Gasteiger partial charge in [-0.1, -0.05) is 40.0 Å². The highest BCUT2D eigenvalue weighted by Crippen LogP contribution is 2.18. The monoisotopic (exact) mass is 247 g/mol. The fourth-order valence-electron chi connectivity index (χ4n) is 0.927. The summed E-state index contributed by atoms with van der Waals surface area (Å²) in [4.78, 5) is 19.5. The van der Waals surface area contributed by atoms with Crippen molar-refractivity contribution in [2.24, 2.45) is 5.41 Å². The molecule has 17 heavy (non-hydrogen) atoms. The Morgan fingerprint density at radius 1 is 1.35 bits per heavy atom. The molecule has 0 spiro atoms. The van der Waals surface area contributed by atoms with Crippen LogP contribution in [-0.2, 0) is 14.3 Å². The molecule has 1 fully saturated rings. The quantitative estimate of drug-likeness (QED) is 0.742. The number of carboxylic acids is 1. The molecule has 5 heteroatoms. The van der Waals surface area contributed by atoms with Crippen molar-refractivity contribution in [2.45, 2.75) is 46.1 Å². The standard InChI is InChI=1S/C7H15NO2.C3H6.C2H4O2/c1-7(2,3)5(8-4)6(9)10;1-2-3-1;1-4-2-3/h5,8H,1-4H3,(H,9,10);1-3H2;2H,1H3. The van der Waals surface area contributed by atoms with E-state index < -0.39 is 12.0 Å². The Hall–Kier alpha value is -1.10. The normalized spacial score (nSPS) is 14.2. The van der Waals surface area contributed by atoms with E-state index in [1.165, 1.54) is 26.4 Å². The van der Waals surface area contributed by atoms with Crippen LogP contribution in [0.2, 0.25) is 0 Å². The molecule has 0 aliphatic heterocycles. The third-order valence-corrected chi connectivity index (χ3v) is 1.85. The van der Waals surface area contributed by atoms with Gasteiger partial charge in [-0.05, 0) is 12.5 Å². The number of carbonyl (C=O) groups is 2. The molecule has 1 aliphatic carbocycles. The maximum atomic E-state index is 10.5. The predicted octanol–water partition coefficient (Wildman–Crippen LogP) is 1.66. The molecule has 0 aromatic rings. The lowest BCUT2D eigenvalue weighted by Gasteiger charge is -2.26. The van der Waals surface area contributed by atoms with Gasteiger partial charge in [0.15, 0.2) is 0 Å². The fourth-order valence-corrected chi connectivity index (χ4v) is 0.927. The first-order valence-electron chi connectivity index (χ1n) is 5.67. The number of likely N-dealkylation sites (N-methyl/N-ethyl adjacent to an activating group) is 1. The average Bonchev–Trinajstić information content (AvgIpc) is 3.03. The summed E-state index contributed by atoms with van der Waals surface area (Å²) in [7, 11) is 2.97. The van der Waals surface area contributed by atoms with Crippen LogP contribution in [-0.4, -0.2) is 37.7 Å². The maximum absolute atomic E-state index is 10.5. The molecule has 1 saturated carbocycles. The van der Waals surface area contributed by atoms with Gasteiger partial charge in [0.1, 0.15) is 6.04 Å². The number of hydrogen-bond acceptors (Lipinski definition) is 4. The van der Waals surface area contributed by atoms with Gasteiger partial charge in [-0.25, -0.2) is 0 Å². The summed E-state index contributed by atoms with van der Waals surface area (Å²) in [6, 6.07) is -0.465. The lowest BCUT2D eigenvalue weighted by Crippen LogP contribution is -2.44. The van der Waals surface area contributed by atoms with Crippen LogP contribution in [0, 0.1) is 5.41 Å². The van der Waals surface area contributed by atoms with E-state index in [-0.39, 0.29) is 5.41 Å². The Balaban J connectivity index is 0. The molecular formula is C12H25NO4. The zero-order valence-corrected chi connectivity index (χ0v) is 11.4. The molecule has 0 amide bonds. The Morgan fingerprint density at radius 2 is 1.71 bits per heavy atom. The molecule has 0 saturated heterocycles. The van der Waals surface area contributed by atoms with Crippen LogP contribution >= 0.6 is 0 Å². The highest BCUT2D eigenvalue weighted by molar-refractivity contribution is 5.74. The van der Waals surface area contributed by atoms with Crippen LogP contribution in [0.5, 0.6) is 0 Å². The lowest BCUT2D eigenvalue weighted by atomic mass is 9.87. The Kier molecular flexibility index (Phi) is 10.8. The number of carboxylic acid groups (broad SMARTS) is 1. The molecular weight excluding hydrogens is 222 g/mol. The Bertz CT molecular complexity index is 206. The van der Waals surface area contributed by atoms with Crippen LogP contribution in [0.1, 0.15) is 40.0 Å². The molecule has 5 nitrogen and oxygen atoms in total. The van der Waals surface area contributed by atoms with E-state index in [1.807, 2.05) is 20.8 Å². The molecule has 102 valence electrons. The van der Waals surface area contributed by atoms with E-state index >= 15 is 0 Å². The first-order chi connectivity index (χ1) is 7.81. The summed E-state index contributed by atoms with van der Waals surface area (Å²) >= 11 is 0. The summed E-state index contributed by atoms with van der Waals surface area (Å²) in [6.45, 7) is 6.05. The third kappa shape index (κ3) is 14.9.